The van der Waals surface area contributed by atoms with Gasteiger partial charge in [0.05, 0.1) is 18.0 Å². The van der Waals surface area contributed by atoms with E-state index in [2.05, 4.69) is 30.4 Å². The highest BCUT2D eigenvalue weighted by Gasteiger charge is 2.16. The molecule has 0 radical (unpaired) electrons. The number of thiophene rings is 1. The number of hydrogen-bond donors (Lipinski definition) is 1. The molecule has 0 saturated heterocycles. The van der Waals surface area contributed by atoms with Gasteiger partial charge in [0.15, 0.2) is 0 Å². The lowest BCUT2D eigenvalue weighted by atomic mass is 10.1. The number of aryl methyl sites for hydroxylation is 1. The first-order valence-electron chi connectivity index (χ1n) is 9.47. The second kappa shape index (κ2) is 8.29. The zero-order valence-electron chi connectivity index (χ0n) is 16.1. The molecule has 0 saturated carbocycles. The predicted molar refractivity (Wildman–Crippen MR) is 118 cm³/mol. The second-order valence-corrected chi connectivity index (χ2v) is 7.54. The fourth-order valence-corrected chi connectivity index (χ4v) is 4.26. The summed E-state index contributed by atoms with van der Waals surface area (Å²) in [5.41, 5.74) is 3.89. The van der Waals surface area contributed by atoms with Gasteiger partial charge in [0.25, 0.3) is 5.56 Å². The van der Waals surface area contributed by atoms with Crippen LogP contribution in [0.3, 0.4) is 0 Å². The molecule has 2 aromatic heterocycles. The van der Waals surface area contributed by atoms with E-state index in [1.165, 1.54) is 21.5 Å². The van der Waals surface area contributed by atoms with Gasteiger partial charge in [-0.25, -0.2) is 4.98 Å². The van der Waals surface area contributed by atoms with Gasteiger partial charge in [-0.3, -0.25) is 9.36 Å². The Labute approximate surface area is 172 Å². The van der Waals surface area contributed by atoms with E-state index in [1.54, 1.807) is 0 Å². The Morgan fingerprint density at radius 1 is 1.14 bits per heavy atom. The molecule has 4 aromatic rings. The summed E-state index contributed by atoms with van der Waals surface area (Å²) in [6.45, 7) is 2.46. The number of nitrogens with one attached hydrogen (secondary N) is 1. The summed E-state index contributed by atoms with van der Waals surface area (Å²) < 4.78 is 1.47. The van der Waals surface area contributed by atoms with Crippen molar-refractivity contribution in [3.8, 4) is 17.2 Å². The van der Waals surface area contributed by atoms with Crippen molar-refractivity contribution in [2.75, 3.05) is 5.32 Å². The molecule has 0 spiro atoms. The van der Waals surface area contributed by atoms with Crippen LogP contribution in [-0.4, -0.2) is 9.55 Å². The average Bonchev–Trinajstić information content (AvgIpc) is 3.20. The molecule has 5 nitrogen and oxygen atoms in total. The number of hydrogen-bond acceptors (Lipinski definition) is 5. The molecule has 0 aliphatic carbocycles. The highest BCUT2D eigenvalue weighted by atomic mass is 32.1. The van der Waals surface area contributed by atoms with Crippen LogP contribution < -0.4 is 10.9 Å². The summed E-state index contributed by atoms with van der Waals surface area (Å²) >= 11 is 1.46. The molecule has 0 aliphatic rings. The zero-order chi connectivity index (χ0) is 20.2. The van der Waals surface area contributed by atoms with Crippen LogP contribution in [-0.2, 0) is 19.5 Å². The fourth-order valence-electron chi connectivity index (χ4n) is 3.30. The first-order chi connectivity index (χ1) is 14.2. The minimum Gasteiger partial charge on any atom is -0.378 e. The third-order valence-electron chi connectivity index (χ3n) is 4.90. The van der Waals surface area contributed by atoms with Crippen molar-refractivity contribution in [3.05, 3.63) is 81.7 Å². The molecular weight excluding hydrogens is 380 g/mol. The molecule has 0 aliphatic heterocycles. The second-order valence-electron chi connectivity index (χ2n) is 6.68. The van der Waals surface area contributed by atoms with Crippen molar-refractivity contribution in [2.24, 2.45) is 0 Å². The Morgan fingerprint density at radius 3 is 2.59 bits per heavy atom. The smallest absolute Gasteiger partial charge is 0.263 e. The molecule has 29 heavy (non-hydrogen) atoms. The van der Waals surface area contributed by atoms with Gasteiger partial charge in [-0.2, -0.15) is 5.26 Å². The van der Waals surface area contributed by atoms with Crippen molar-refractivity contribution in [1.82, 2.24) is 9.55 Å². The lowest BCUT2D eigenvalue weighted by Crippen LogP contribution is -2.26. The standard InChI is InChI=1S/C23H20N4OS/c1-2-16-8-10-18(11-9-16)25-14-20-26-22-21(23(28)27(20)13-12-24)19(15-29-22)17-6-4-3-5-7-17/h3-11,15,25H,2,13-14H2,1H3. The first kappa shape index (κ1) is 18.9. The van der Waals surface area contributed by atoms with Gasteiger partial charge in [0, 0.05) is 16.6 Å². The van der Waals surface area contributed by atoms with E-state index >= 15 is 0 Å². The van der Waals surface area contributed by atoms with Gasteiger partial charge in [-0.05, 0) is 29.7 Å². The summed E-state index contributed by atoms with van der Waals surface area (Å²) in [5.74, 6) is 0.560. The normalized spacial score (nSPS) is 10.8. The van der Waals surface area contributed by atoms with Crippen molar-refractivity contribution < 1.29 is 0 Å². The van der Waals surface area contributed by atoms with Gasteiger partial charge in [-0.1, -0.05) is 49.4 Å². The van der Waals surface area contributed by atoms with Crippen LogP contribution in [0.1, 0.15) is 18.3 Å². The van der Waals surface area contributed by atoms with Gasteiger partial charge in [0.2, 0.25) is 0 Å². The third-order valence-corrected chi connectivity index (χ3v) is 5.77. The van der Waals surface area contributed by atoms with Crippen LogP contribution in [0.4, 0.5) is 5.69 Å². The first-order valence-corrected chi connectivity index (χ1v) is 10.3. The fraction of sp³-hybridized carbons (Fsp3) is 0.174. The molecule has 6 heteroatoms. The number of benzene rings is 2. The maximum atomic E-state index is 13.2. The Kier molecular flexibility index (Phi) is 5.41. The minimum atomic E-state index is -0.171. The third kappa shape index (κ3) is 3.78. The van der Waals surface area contributed by atoms with Gasteiger partial charge in [-0.15, -0.1) is 11.3 Å². The zero-order valence-corrected chi connectivity index (χ0v) is 16.9. The summed E-state index contributed by atoms with van der Waals surface area (Å²) in [7, 11) is 0. The van der Waals surface area contributed by atoms with Gasteiger partial charge < -0.3 is 5.32 Å². The molecule has 0 unspecified atom stereocenters. The molecule has 0 fully saturated rings. The SMILES string of the molecule is CCc1ccc(NCc2nc3scc(-c4ccccc4)c3c(=O)n2CC#N)cc1. The number of fused-ring (bicyclic) bond motifs is 1. The van der Waals surface area contributed by atoms with Crippen LogP contribution in [0.25, 0.3) is 21.3 Å². The van der Waals surface area contributed by atoms with Crippen LogP contribution in [0.15, 0.2) is 64.8 Å². The number of nitrogens with zero attached hydrogens (tertiary/aromatic N) is 3. The van der Waals surface area contributed by atoms with E-state index in [0.717, 1.165) is 23.2 Å². The molecule has 2 heterocycles. The maximum absolute atomic E-state index is 13.2. The minimum absolute atomic E-state index is 0.0301. The van der Waals surface area contributed by atoms with Gasteiger partial charge in [0.1, 0.15) is 17.2 Å². The summed E-state index contributed by atoms with van der Waals surface area (Å²) in [4.78, 5) is 18.7. The van der Waals surface area contributed by atoms with Crippen LogP contribution in [0, 0.1) is 11.3 Å². The number of anilines is 1. The molecule has 0 amide bonds. The Hall–Kier alpha value is -3.43. The average molecular weight is 401 g/mol. The molecule has 4 rings (SSSR count). The quantitative estimate of drug-likeness (QED) is 0.504. The monoisotopic (exact) mass is 400 g/mol. The van der Waals surface area contributed by atoms with Crippen LogP contribution in [0.5, 0.6) is 0 Å². The number of nitriles is 1. The molecule has 0 atom stereocenters. The lowest BCUT2D eigenvalue weighted by Gasteiger charge is -2.12. The van der Waals surface area contributed by atoms with Crippen molar-refractivity contribution in [3.63, 3.8) is 0 Å². The van der Waals surface area contributed by atoms with Crippen LogP contribution >= 0.6 is 11.3 Å². The summed E-state index contributed by atoms with van der Waals surface area (Å²) in [6.07, 6.45) is 0.988. The maximum Gasteiger partial charge on any atom is 0.263 e. The Morgan fingerprint density at radius 2 is 1.90 bits per heavy atom. The van der Waals surface area contributed by atoms with E-state index < -0.39 is 0 Å². The summed E-state index contributed by atoms with van der Waals surface area (Å²) in [5, 5.41) is 15.1. The van der Waals surface area contributed by atoms with E-state index in [0.29, 0.717) is 22.6 Å². The number of aromatic nitrogens is 2. The summed E-state index contributed by atoms with van der Waals surface area (Å²) in [6, 6.07) is 20.1. The molecule has 144 valence electrons. The highest BCUT2D eigenvalue weighted by molar-refractivity contribution is 7.17. The molecule has 1 N–H and O–H groups in total. The largest absolute Gasteiger partial charge is 0.378 e. The van der Waals surface area contributed by atoms with Crippen molar-refractivity contribution >= 4 is 27.2 Å². The van der Waals surface area contributed by atoms with E-state index in [4.69, 9.17) is 4.98 Å². The Bertz CT molecular complexity index is 1230. The van der Waals surface area contributed by atoms with E-state index in [-0.39, 0.29) is 12.1 Å². The Balaban J connectivity index is 1.73. The lowest BCUT2D eigenvalue weighted by molar-refractivity contribution is 0.710. The van der Waals surface area contributed by atoms with E-state index in [9.17, 15) is 10.1 Å². The molecule has 2 aromatic carbocycles. The molecule has 0 bridgehead atoms. The van der Waals surface area contributed by atoms with E-state index in [1.807, 2.05) is 47.8 Å². The topological polar surface area (TPSA) is 70.7 Å². The predicted octanol–water partition coefficient (Wildman–Crippen LogP) is 4.82. The number of rotatable bonds is 6. The van der Waals surface area contributed by atoms with Gasteiger partial charge >= 0.3 is 0 Å². The van der Waals surface area contributed by atoms with Crippen molar-refractivity contribution in [1.29, 1.82) is 5.26 Å². The van der Waals surface area contributed by atoms with Crippen LogP contribution in [0.2, 0.25) is 0 Å². The highest BCUT2D eigenvalue weighted by Crippen LogP contribution is 2.30. The molecular formula is C23H20N4OS. The van der Waals surface area contributed by atoms with Crippen molar-refractivity contribution in [2.45, 2.75) is 26.4 Å².